The van der Waals surface area contributed by atoms with Gasteiger partial charge in [-0.15, -0.1) is 0 Å². The number of hydrogen-bond donors (Lipinski definition) is 2. The minimum atomic E-state index is 0.542. The highest BCUT2D eigenvalue weighted by Crippen LogP contribution is 2.21. The molecular formula is C19H32N4. The van der Waals surface area contributed by atoms with Crippen LogP contribution < -0.4 is 11.1 Å². The number of nitrogens with two attached hydrogens (primary N) is 1. The molecule has 0 spiro atoms. The van der Waals surface area contributed by atoms with Crippen molar-refractivity contribution in [3.63, 3.8) is 0 Å². The van der Waals surface area contributed by atoms with Gasteiger partial charge in [0.25, 0.3) is 0 Å². The van der Waals surface area contributed by atoms with E-state index in [1.807, 2.05) is 0 Å². The molecule has 1 aromatic carbocycles. The normalized spacial score (nSPS) is 20.0. The second-order valence-corrected chi connectivity index (χ2v) is 7.06. The Labute approximate surface area is 141 Å². The SMILES string of the molecule is CC(C)CNC(N)=NCc1ccccc1CN1CCCCC1C. The third-order valence-corrected chi connectivity index (χ3v) is 4.54. The van der Waals surface area contributed by atoms with E-state index in [1.54, 1.807) is 0 Å². The first kappa shape index (κ1) is 17.8. The molecule has 23 heavy (non-hydrogen) atoms. The zero-order valence-electron chi connectivity index (χ0n) is 14.9. The molecule has 128 valence electrons. The lowest BCUT2D eigenvalue weighted by Gasteiger charge is -2.33. The summed E-state index contributed by atoms with van der Waals surface area (Å²) in [4.78, 5) is 7.09. The highest BCUT2D eigenvalue weighted by molar-refractivity contribution is 5.77. The number of benzene rings is 1. The summed E-state index contributed by atoms with van der Waals surface area (Å²) >= 11 is 0. The van der Waals surface area contributed by atoms with Crippen molar-refractivity contribution in [2.24, 2.45) is 16.6 Å². The molecule has 1 heterocycles. The summed E-state index contributed by atoms with van der Waals surface area (Å²) in [7, 11) is 0. The van der Waals surface area contributed by atoms with Gasteiger partial charge in [0.1, 0.15) is 0 Å². The second-order valence-electron chi connectivity index (χ2n) is 7.06. The van der Waals surface area contributed by atoms with Crippen molar-refractivity contribution in [1.82, 2.24) is 10.2 Å². The summed E-state index contributed by atoms with van der Waals surface area (Å²) in [6, 6.07) is 9.29. The van der Waals surface area contributed by atoms with Crippen LogP contribution in [0.4, 0.5) is 0 Å². The summed E-state index contributed by atoms with van der Waals surface area (Å²) in [5.41, 5.74) is 8.61. The van der Waals surface area contributed by atoms with Gasteiger partial charge in [-0.25, -0.2) is 4.99 Å². The van der Waals surface area contributed by atoms with E-state index in [0.717, 1.165) is 13.1 Å². The minimum absolute atomic E-state index is 0.542. The fourth-order valence-electron chi connectivity index (χ4n) is 3.01. The third kappa shape index (κ3) is 5.87. The summed E-state index contributed by atoms with van der Waals surface area (Å²) in [5, 5.41) is 3.18. The van der Waals surface area contributed by atoms with E-state index in [-0.39, 0.29) is 0 Å². The van der Waals surface area contributed by atoms with Crippen LogP contribution in [0.25, 0.3) is 0 Å². The summed E-state index contributed by atoms with van der Waals surface area (Å²) in [6.45, 7) is 10.4. The summed E-state index contributed by atoms with van der Waals surface area (Å²) in [6.07, 6.45) is 3.99. The number of guanidine groups is 1. The van der Waals surface area contributed by atoms with Crippen molar-refractivity contribution in [2.45, 2.75) is 59.2 Å². The molecule has 1 unspecified atom stereocenters. The van der Waals surface area contributed by atoms with Crippen LogP contribution in [0.15, 0.2) is 29.3 Å². The van der Waals surface area contributed by atoms with Gasteiger partial charge < -0.3 is 11.1 Å². The molecule has 1 aliphatic heterocycles. The molecule has 4 heteroatoms. The van der Waals surface area contributed by atoms with Crippen molar-refractivity contribution >= 4 is 5.96 Å². The number of aliphatic imine (C=N–C) groups is 1. The van der Waals surface area contributed by atoms with Crippen molar-refractivity contribution in [1.29, 1.82) is 0 Å². The predicted molar refractivity (Wildman–Crippen MR) is 98.3 cm³/mol. The molecule has 1 aliphatic rings. The van der Waals surface area contributed by atoms with Crippen molar-refractivity contribution in [3.8, 4) is 0 Å². The highest BCUT2D eigenvalue weighted by atomic mass is 15.2. The Hall–Kier alpha value is -1.55. The van der Waals surface area contributed by atoms with Gasteiger partial charge in [-0.3, -0.25) is 4.90 Å². The van der Waals surface area contributed by atoms with E-state index >= 15 is 0 Å². The van der Waals surface area contributed by atoms with E-state index in [1.165, 1.54) is 36.9 Å². The fourth-order valence-corrected chi connectivity index (χ4v) is 3.01. The average molecular weight is 316 g/mol. The third-order valence-electron chi connectivity index (χ3n) is 4.54. The second kappa shape index (κ2) is 8.92. The highest BCUT2D eigenvalue weighted by Gasteiger charge is 2.18. The molecule has 1 atom stereocenters. The van der Waals surface area contributed by atoms with Crippen molar-refractivity contribution in [3.05, 3.63) is 35.4 Å². The number of hydrogen-bond acceptors (Lipinski definition) is 2. The van der Waals surface area contributed by atoms with Gasteiger partial charge in [-0.05, 0) is 43.4 Å². The number of likely N-dealkylation sites (tertiary alicyclic amines) is 1. The molecule has 1 fully saturated rings. The van der Waals surface area contributed by atoms with Crippen molar-refractivity contribution < 1.29 is 0 Å². The fraction of sp³-hybridized carbons (Fsp3) is 0.632. The molecule has 0 aliphatic carbocycles. The maximum Gasteiger partial charge on any atom is 0.188 e. The molecule has 1 aromatic rings. The smallest absolute Gasteiger partial charge is 0.188 e. The Morgan fingerprint density at radius 2 is 2.04 bits per heavy atom. The van der Waals surface area contributed by atoms with Crippen LogP contribution >= 0.6 is 0 Å². The Balaban J connectivity index is 1.98. The maximum absolute atomic E-state index is 5.95. The van der Waals surface area contributed by atoms with Gasteiger partial charge in [0.2, 0.25) is 0 Å². The molecule has 0 aromatic heterocycles. The van der Waals surface area contributed by atoms with Gasteiger partial charge in [-0.1, -0.05) is 44.5 Å². The lowest BCUT2D eigenvalue weighted by Crippen LogP contribution is -2.37. The summed E-state index contributed by atoms with van der Waals surface area (Å²) < 4.78 is 0. The molecule has 0 bridgehead atoms. The molecule has 4 nitrogen and oxygen atoms in total. The molecule has 1 saturated heterocycles. The first-order valence-corrected chi connectivity index (χ1v) is 8.91. The lowest BCUT2D eigenvalue weighted by atomic mass is 10.0. The van der Waals surface area contributed by atoms with Gasteiger partial charge >= 0.3 is 0 Å². The van der Waals surface area contributed by atoms with E-state index < -0.39 is 0 Å². The molecule has 0 amide bonds. The minimum Gasteiger partial charge on any atom is -0.370 e. The first-order chi connectivity index (χ1) is 11.1. The largest absolute Gasteiger partial charge is 0.370 e. The van der Waals surface area contributed by atoms with Crippen LogP contribution in [-0.2, 0) is 13.1 Å². The molecule has 3 N–H and O–H groups in total. The number of nitrogens with zero attached hydrogens (tertiary/aromatic N) is 2. The summed E-state index contributed by atoms with van der Waals surface area (Å²) in [5.74, 6) is 1.11. The maximum atomic E-state index is 5.95. The zero-order chi connectivity index (χ0) is 16.7. The van der Waals surface area contributed by atoms with E-state index in [0.29, 0.717) is 24.5 Å². The van der Waals surface area contributed by atoms with Crippen LogP contribution in [0, 0.1) is 5.92 Å². The van der Waals surface area contributed by atoms with Crippen molar-refractivity contribution in [2.75, 3.05) is 13.1 Å². The van der Waals surface area contributed by atoms with Gasteiger partial charge in [-0.2, -0.15) is 0 Å². The molecular weight excluding hydrogens is 284 g/mol. The number of rotatable bonds is 6. The molecule has 0 saturated carbocycles. The average Bonchev–Trinajstić information content (AvgIpc) is 2.54. The van der Waals surface area contributed by atoms with Crippen LogP contribution in [0.3, 0.4) is 0 Å². The van der Waals surface area contributed by atoms with Gasteiger partial charge in [0, 0.05) is 19.1 Å². The standard InChI is InChI=1S/C19H32N4/c1-15(2)12-21-19(20)22-13-17-9-4-5-10-18(17)14-23-11-7-6-8-16(23)3/h4-5,9-10,15-16H,6-8,11-14H2,1-3H3,(H3,20,21,22). The predicted octanol–water partition coefficient (Wildman–Crippen LogP) is 3.12. The van der Waals surface area contributed by atoms with Crippen LogP contribution in [0.1, 0.15) is 51.2 Å². The monoisotopic (exact) mass is 316 g/mol. The Morgan fingerprint density at radius 1 is 1.30 bits per heavy atom. The Morgan fingerprint density at radius 3 is 2.74 bits per heavy atom. The Bertz CT molecular complexity index is 510. The Kier molecular flexibility index (Phi) is 6.90. The van der Waals surface area contributed by atoms with Crippen LogP contribution in [0.5, 0.6) is 0 Å². The zero-order valence-corrected chi connectivity index (χ0v) is 14.9. The molecule has 2 rings (SSSR count). The number of piperidine rings is 1. The quantitative estimate of drug-likeness (QED) is 0.626. The van der Waals surface area contributed by atoms with Gasteiger partial charge in [0.05, 0.1) is 6.54 Å². The topological polar surface area (TPSA) is 53.6 Å². The van der Waals surface area contributed by atoms with Crippen LogP contribution in [-0.4, -0.2) is 30.0 Å². The van der Waals surface area contributed by atoms with Gasteiger partial charge in [0.15, 0.2) is 5.96 Å². The lowest BCUT2D eigenvalue weighted by molar-refractivity contribution is 0.152. The van der Waals surface area contributed by atoms with E-state index in [9.17, 15) is 0 Å². The number of nitrogens with one attached hydrogen (secondary N) is 1. The molecule has 0 radical (unpaired) electrons. The van der Waals surface area contributed by atoms with E-state index in [2.05, 4.69) is 60.2 Å². The van der Waals surface area contributed by atoms with Crippen LogP contribution in [0.2, 0.25) is 0 Å². The van der Waals surface area contributed by atoms with E-state index in [4.69, 9.17) is 5.73 Å². The first-order valence-electron chi connectivity index (χ1n) is 8.91.